The second-order valence-electron chi connectivity index (χ2n) is 4.27. The Kier molecular flexibility index (Phi) is 8.34. The third kappa shape index (κ3) is 6.52. The normalized spacial score (nSPS) is 10.6. The lowest BCUT2D eigenvalue weighted by molar-refractivity contribution is -0.385. The molecule has 0 atom stereocenters. The van der Waals surface area contributed by atoms with Crippen molar-refractivity contribution >= 4 is 5.69 Å². The van der Waals surface area contributed by atoms with E-state index in [0.29, 0.717) is 32.9 Å². The molecule has 1 rings (SSSR count). The number of nitro benzene ring substituents is 1. The Labute approximate surface area is 124 Å². The quantitative estimate of drug-likeness (QED) is 0.381. The molecule has 7 nitrogen and oxygen atoms in total. The van der Waals surface area contributed by atoms with Crippen LogP contribution in [0.3, 0.4) is 0 Å². The number of methoxy groups -OCH3 is 1. The third-order valence-corrected chi connectivity index (χ3v) is 2.72. The Balaban J connectivity index is 2.64. The zero-order valence-corrected chi connectivity index (χ0v) is 12.5. The lowest BCUT2D eigenvalue weighted by Crippen LogP contribution is -2.18. The molecule has 0 saturated carbocycles. The fourth-order valence-electron chi connectivity index (χ4n) is 1.70. The largest absolute Gasteiger partial charge is 0.484 e. The molecule has 0 amide bonds. The zero-order chi connectivity index (χ0) is 15.5. The summed E-state index contributed by atoms with van der Waals surface area (Å²) < 4.78 is 15.5. The molecule has 0 fully saturated rings. The van der Waals surface area contributed by atoms with Crippen LogP contribution < -0.4 is 10.1 Å². The van der Waals surface area contributed by atoms with Crippen molar-refractivity contribution in [3.8, 4) is 5.75 Å². The molecule has 1 aromatic carbocycles. The van der Waals surface area contributed by atoms with E-state index in [-0.39, 0.29) is 18.0 Å². The third-order valence-electron chi connectivity index (χ3n) is 2.72. The van der Waals surface area contributed by atoms with Crippen molar-refractivity contribution in [3.05, 3.63) is 33.9 Å². The van der Waals surface area contributed by atoms with Gasteiger partial charge in [0.25, 0.3) is 0 Å². The molecule has 0 saturated heterocycles. The molecule has 0 aliphatic heterocycles. The Bertz CT molecular complexity index is 439. The Morgan fingerprint density at radius 3 is 2.76 bits per heavy atom. The van der Waals surface area contributed by atoms with Gasteiger partial charge in [-0.05, 0) is 18.6 Å². The lowest BCUT2D eigenvalue weighted by atomic mass is 10.2. The van der Waals surface area contributed by atoms with Gasteiger partial charge in [-0.15, -0.1) is 0 Å². The molecule has 0 aromatic heterocycles. The topological polar surface area (TPSA) is 82.9 Å². The average molecular weight is 298 g/mol. The van der Waals surface area contributed by atoms with Crippen LogP contribution in [0.5, 0.6) is 5.75 Å². The minimum absolute atomic E-state index is 0.0351. The summed E-state index contributed by atoms with van der Waals surface area (Å²) in [6.07, 6.45) is 0. The first kappa shape index (κ1) is 17.4. The summed E-state index contributed by atoms with van der Waals surface area (Å²) in [6.45, 7) is 5.10. The van der Waals surface area contributed by atoms with Gasteiger partial charge in [-0.1, -0.05) is 6.07 Å². The number of hydrogen-bond acceptors (Lipinski definition) is 6. The number of hydrogen-bond donors (Lipinski definition) is 1. The van der Waals surface area contributed by atoms with Gasteiger partial charge in [-0.3, -0.25) is 10.1 Å². The van der Waals surface area contributed by atoms with Crippen LogP contribution in [-0.4, -0.2) is 45.0 Å². The molecule has 0 aliphatic rings. The van der Waals surface area contributed by atoms with Gasteiger partial charge in [-0.25, -0.2) is 0 Å². The summed E-state index contributed by atoms with van der Waals surface area (Å²) in [5, 5.41) is 14.2. The van der Waals surface area contributed by atoms with Crippen LogP contribution in [0, 0.1) is 10.1 Å². The van der Waals surface area contributed by atoms with E-state index in [2.05, 4.69) is 5.32 Å². The van der Waals surface area contributed by atoms with Gasteiger partial charge in [0.15, 0.2) is 5.75 Å². The van der Waals surface area contributed by atoms with Gasteiger partial charge in [-0.2, -0.15) is 0 Å². The lowest BCUT2D eigenvalue weighted by Gasteiger charge is -2.09. The molecule has 7 heteroatoms. The predicted molar refractivity (Wildman–Crippen MR) is 78.7 cm³/mol. The summed E-state index contributed by atoms with van der Waals surface area (Å²) in [5.41, 5.74) is 0.884. The van der Waals surface area contributed by atoms with Crippen LogP contribution >= 0.6 is 0 Å². The molecule has 1 aromatic rings. The van der Waals surface area contributed by atoms with Crippen LogP contribution in [0.2, 0.25) is 0 Å². The van der Waals surface area contributed by atoms with Crippen LogP contribution in [0.4, 0.5) is 5.69 Å². The highest BCUT2D eigenvalue weighted by Crippen LogP contribution is 2.27. The maximum Gasteiger partial charge on any atom is 0.310 e. The predicted octanol–water partition coefficient (Wildman–Crippen LogP) is 1.75. The standard InChI is InChI=1S/C14H22N2O5/c1-3-20-8-9-21-14-10-12(11-15-6-7-19-2)4-5-13(14)16(17)18/h4-5,10,15H,3,6-9,11H2,1-2H3. The highest BCUT2D eigenvalue weighted by Gasteiger charge is 2.15. The van der Waals surface area contributed by atoms with Crippen molar-refractivity contribution in [1.82, 2.24) is 5.32 Å². The maximum absolute atomic E-state index is 11.0. The van der Waals surface area contributed by atoms with Crippen LogP contribution in [0.15, 0.2) is 18.2 Å². The van der Waals surface area contributed by atoms with Crippen molar-refractivity contribution < 1.29 is 19.1 Å². The summed E-state index contributed by atoms with van der Waals surface area (Å²) in [7, 11) is 1.64. The van der Waals surface area contributed by atoms with Crippen molar-refractivity contribution in [2.45, 2.75) is 13.5 Å². The van der Waals surface area contributed by atoms with Crippen LogP contribution in [0.25, 0.3) is 0 Å². The number of rotatable bonds is 11. The van der Waals surface area contributed by atoms with E-state index >= 15 is 0 Å². The monoisotopic (exact) mass is 298 g/mol. The molecule has 118 valence electrons. The number of nitro groups is 1. The molecule has 0 aliphatic carbocycles. The van der Waals surface area contributed by atoms with E-state index in [1.165, 1.54) is 6.07 Å². The summed E-state index contributed by atoms with van der Waals surface area (Å²) >= 11 is 0. The van der Waals surface area contributed by atoms with Crippen molar-refractivity contribution in [1.29, 1.82) is 0 Å². The van der Waals surface area contributed by atoms with Gasteiger partial charge < -0.3 is 19.5 Å². The molecule has 0 radical (unpaired) electrons. The number of nitrogens with zero attached hydrogens (tertiary/aromatic N) is 1. The number of ether oxygens (including phenoxy) is 3. The molecule has 0 unspecified atom stereocenters. The summed E-state index contributed by atoms with van der Waals surface area (Å²) in [4.78, 5) is 10.5. The van der Waals surface area contributed by atoms with Gasteiger partial charge in [0.2, 0.25) is 0 Å². The van der Waals surface area contributed by atoms with E-state index in [1.54, 1.807) is 19.2 Å². The fraction of sp³-hybridized carbons (Fsp3) is 0.571. The highest BCUT2D eigenvalue weighted by atomic mass is 16.6. The van der Waals surface area contributed by atoms with E-state index in [9.17, 15) is 10.1 Å². The Hall–Kier alpha value is -1.70. The molecular formula is C14H22N2O5. The molecule has 21 heavy (non-hydrogen) atoms. The van der Waals surface area contributed by atoms with Crippen molar-refractivity contribution in [2.75, 3.05) is 40.1 Å². The minimum Gasteiger partial charge on any atom is -0.484 e. The Morgan fingerprint density at radius 2 is 2.10 bits per heavy atom. The van der Waals surface area contributed by atoms with E-state index in [4.69, 9.17) is 14.2 Å². The second-order valence-corrected chi connectivity index (χ2v) is 4.27. The first-order valence-corrected chi connectivity index (χ1v) is 6.86. The molecular weight excluding hydrogens is 276 g/mol. The Morgan fingerprint density at radius 1 is 1.29 bits per heavy atom. The van der Waals surface area contributed by atoms with E-state index < -0.39 is 4.92 Å². The van der Waals surface area contributed by atoms with Crippen LogP contribution in [-0.2, 0) is 16.0 Å². The highest BCUT2D eigenvalue weighted by molar-refractivity contribution is 5.48. The zero-order valence-electron chi connectivity index (χ0n) is 12.5. The summed E-state index contributed by atoms with van der Waals surface area (Å²) in [6, 6.07) is 4.86. The van der Waals surface area contributed by atoms with Gasteiger partial charge in [0.05, 0.1) is 18.1 Å². The first-order valence-electron chi connectivity index (χ1n) is 6.86. The first-order chi connectivity index (χ1) is 10.2. The van der Waals surface area contributed by atoms with Gasteiger partial charge in [0.1, 0.15) is 6.61 Å². The van der Waals surface area contributed by atoms with Crippen molar-refractivity contribution in [2.24, 2.45) is 0 Å². The smallest absolute Gasteiger partial charge is 0.310 e. The SMILES string of the molecule is CCOCCOc1cc(CNCCOC)ccc1[N+](=O)[O-]. The van der Waals surface area contributed by atoms with E-state index in [1.807, 2.05) is 6.92 Å². The van der Waals surface area contributed by atoms with Crippen LogP contribution in [0.1, 0.15) is 12.5 Å². The minimum atomic E-state index is -0.446. The van der Waals surface area contributed by atoms with Gasteiger partial charge >= 0.3 is 5.69 Å². The number of benzene rings is 1. The molecule has 1 N–H and O–H groups in total. The van der Waals surface area contributed by atoms with E-state index in [0.717, 1.165) is 5.56 Å². The molecule has 0 spiro atoms. The molecule has 0 heterocycles. The molecule has 0 bridgehead atoms. The van der Waals surface area contributed by atoms with Gasteiger partial charge in [0, 0.05) is 32.9 Å². The number of nitrogens with one attached hydrogen (secondary N) is 1. The average Bonchev–Trinajstić information content (AvgIpc) is 2.48. The maximum atomic E-state index is 11.0. The second kappa shape index (κ2) is 10.1. The fourth-order valence-corrected chi connectivity index (χ4v) is 1.70. The van der Waals surface area contributed by atoms with Crippen molar-refractivity contribution in [3.63, 3.8) is 0 Å². The summed E-state index contributed by atoms with van der Waals surface area (Å²) in [5.74, 6) is 0.269.